The Hall–Kier alpha value is -3.49. The number of amides is 1. The standard InChI is InChI=1S/C32H39N5O3/c1-5-29(38)36-15-16-37(22(3)18-36)31-26-20-39-28(25-13-7-11-23-10-6-9-21(2)30(23)25)17-27(26)33-32(34-31)40-19-24-12-8-14-35(24)4/h5-7,9-11,13,22,24,28H,1,8,12,14-20H2,2-4H3/t22?,24-,28?/m0/s1. The van der Waals surface area contributed by atoms with E-state index in [9.17, 15) is 4.79 Å². The number of rotatable bonds is 6. The molecular weight excluding hydrogens is 502 g/mol. The van der Waals surface area contributed by atoms with Crippen molar-refractivity contribution < 1.29 is 14.3 Å². The minimum Gasteiger partial charge on any atom is -0.462 e. The number of hydrogen-bond acceptors (Lipinski definition) is 7. The molecule has 3 aliphatic rings. The van der Waals surface area contributed by atoms with Crippen LogP contribution < -0.4 is 9.64 Å². The lowest BCUT2D eigenvalue weighted by molar-refractivity contribution is -0.126. The summed E-state index contributed by atoms with van der Waals surface area (Å²) in [5, 5.41) is 2.48. The number of piperazine rings is 1. The first-order valence-electron chi connectivity index (χ1n) is 14.4. The van der Waals surface area contributed by atoms with Gasteiger partial charge in [-0.05, 0) is 68.3 Å². The van der Waals surface area contributed by atoms with Crippen molar-refractivity contribution in [3.8, 4) is 6.01 Å². The quantitative estimate of drug-likeness (QED) is 0.427. The van der Waals surface area contributed by atoms with Gasteiger partial charge in [-0.25, -0.2) is 0 Å². The number of fused-ring (bicyclic) bond motifs is 2. The maximum atomic E-state index is 12.3. The topological polar surface area (TPSA) is 71.0 Å². The minimum atomic E-state index is -0.103. The molecule has 4 heterocycles. The predicted octanol–water partition coefficient (Wildman–Crippen LogP) is 4.45. The summed E-state index contributed by atoms with van der Waals surface area (Å²) in [6, 6.07) is 13.8. The predicted molar refractivity (Wildman–Crippen MR) is 157 cm³/mol. The van der Waals surface area contributed by atoms with E-state index in [-0.39, 0.29) is 18.1 Å². The third-order valence-corrected chi connectivity index (χ3v) is 8.81. The third-order valence-electron chi connectivity index (χ3n) is 8.81. The lowest BCUT2D eigenvalue weighted by Gasteiger charge is -2.41. The summed E-state index contributed by atoms with van der Waals surface area (Å²) in [7, 11) is 2.15. The van der Waals surface area contributed by atoms with E-state index in [0.29, 0.717) is 51.3 Å². The molecule has 0 spiro atoms. The molecule has 2 unspecified atom stereocenters. The molecule has 0 N–H and O–H groups in total. The number of carbonyl (C=O) groups excluding carboxylic acids is 1. The van der Waals surface area contributed by atoms with Gasteiger partial charge in [0.25, 0.3) is 0 Å². The Balaban J connectivity index is 1.33. The molecule has 0 aliphatic carbocycles. The van der Waals surface area contributed by atoms with Gasteiger partial charge >= 0.3 is 6.01 Å². The molecule has 40 heavy (non-hydrogen) atoms. The molecular formula is C32H39N5O3. The van der Waals surface area contributed by atoms with Gasteiger partial charge in [-0.2, -0.15) is 9.97 Å². The van der Waals surface area contributed by atoms with Gasteiger partial charge in [-0.3, -0.25) is 4.79 Å². The van der Waals surface area contributed by atoms with Gasteiger partial charge in [-0.1, -0.05) is 43.0 Å². The Labute approximate surface area is 236 Å². The van der Waals surface area contributed by atoms with Crippen LogP contribution in [0.1, 0.15) is 48.3 Å². The molecule has 1 aromatic heterocycles. The van der Waals surface area contributed by atoms with E-state index in [1.54, 1.807) is 0 Å². The average molecular weight is 542 g/mol. The third kappa shape index (κ3) is 5.06. The number of likely N-dealkylation sites (N-methyl/N-ethyl adjacent to an activating group) is 1. The first kappa shape index (κ1) is 26.7. The number of benzene rings is 2. The van der Waals surface area contributed by atoms with E-state index < -0.39 is 0 Å². The molecule has 6 rings (SSSR count). The lowest BCUT2D eigenvalue weighted by Crippen LogP contribution is -2.54. The Morgan fingerprint density at radius 2 is 2.00 bits per heavy atom. The molecule has 1 amide bonds. The summed E-state index contributed by atoms with van der Waals surface area (Å²) in [6.07, 6.45) is 4.26. The second kappa shape index (κ2) is 11.2. The zero-order valence-electron chi connectivity index (χ0n) is 23.8. The van der Waals surface area contributed by atoms with Crippen molar-refractivity contribution in [1.82, 2.24) is 19.8 Å². The van der Waals surface area contributed by atoms with Crippen LogP contribution in [0.3, 0.4) is 0 Å². The van der Waals surface area contributed by atoms with Gasteiger partial charge in [0.1, 0.15) is 12.4 Å². The SMILES string of the molecule is C=CC(=O)N1CCN(c2nc(OC[C@@H]3CCCN3C)nc3c2COC(c2cccc4cccc(C)c24)C3)C(C)C1. The van der Waals surface area contributed by atoms with Crippen molar-refractivity contribution in [2.75, 3.05) is 44.7 Å². The first-order chi connectivity index (χ1) is 19.4. The summed E-state index contributed by atoms with van der Waals surface area (Å²) in [5.41, 5.74) is 4.45. The fourth-order valence-electron chi connectivity index (χ4n) is 6.52. The molecule has 0 saturated carbocycles. The largest absolute Gasteiger partial charge is 0.462 e. The van der Waals surface area contributed by atoms with Crippen LogP contribution in [0.2, 0.25) is 0 Å². The van der Waals surface area contributed by atoms with Crippen LogP contribution in [0.4, 0.5) is 5.82 Å². The van der Waals surface area contributed by atoms with Crippen LogP contribution in [-0.2, 0) is 22.6 Å². The molecule has 0 radical (unpaired) electrons. The van der Waals surface area contributed by atoms with E-state index in [1.165, 1.54) is 34.4 Å². The van der Waals surface area contributed by atoms with Crippen LogP contribution in [0.25, 0.3) is 10.8 Å². The van der Waals surface area contributed by atoms with Crippen molar-refractivity contribution >= 4 is 22.5 Å². The Kier molecular flexibility index (Phi) is 7.47. The van der Waals surface area contributed by atoms with Crippen molar-refractivity contribution in [1.29, 1.82) is 0 Å². The van der Waals surface area contributed by atoms with Crippen LogP contribution >= 0.6 is 0 Å². The number of anilines is 1. The Morgan fingerprint density at radius 3 is 2.75 bits per heavy atom. The molecule has 2 saturated heterocycles. The highest BCUT2D eigenvalue weighted by molar-refractivity contribution is 5.89. The molecule has 0 bridgehead atoms. The number of aromatic nitrogens is 2. The molecule has 3 atom stereocenters. The maximum Gasteiger partial charge on any atom is 0.318 e. The first-order valence-corrected chi connectivity index (χ1v) is 14.4. The minimum absolute atomic E-state index is 0.0301. The molecule has 210 valence electrons. The van der Waals surface area contributed by atoms with Gasteiger partial charge in [0, 0.05) is 43.7 Å². The Bertz CT molecular complexity index is 1420. The highest BCUT2D eigenvalue weighted by Crippen LogP contribution is 2.39. The van der Waals surface area contributed by atoms with Crippen LogP contribution in [0.5, 0.6) is 6.01 Å². The lowest BCUT2D eigenvalue weighted by atomic mass is 9.92. The highest BCUT2D eigenvalue weighted by atomic mass is 16.5. The van der Waals surface area contributed by atoms with E-state index in [0.717, 1.165) is 30.0 Å². The van der Waals surface area contributed by atoms with E-state index >= 15 is 0 Å². The van der Waals surface area contributed by atoms with E-state index in [1.807, 2.05) is 4.90 Å². The van der Waals surface area contributed by atoms with E-state index in [4.69, 9.17) is 19.4 Å². The fraction of sp³-hybridized carbons (Fsp3) is 0.469. The molecule has 2 fully saturated rings. The van der Waals surface area contributed by atoms with Gasteiger partial charge in [0.15, 0.2) is 0 Å². The zero-order chi connectivity index (χ0) is 27.8. The van der Waals surface area contributed by atoms with Gasteiger partial charge in [0.2, 0.25) is 5.91 Å². The van der Waals surface area contributed by atoms with Crippen molar-refractivity contribution in [3.63, 3.8) is 0 Å². The van der Waals surface area contributed by atoms with Gasteiger partial charge in [0.05, 0.1) is 18.4 Å². The van der Waals surface area contributed by atoms with Crippen molar-refractivity contribution in [3.05, 3.63) is 71.4 Å². The summed E-state index contributed by atoms with van der Waals surface area (Å²) in [6.45, 7) is 12.0. The van der Waals surface area contributed by atoms with Gasteiger partial charge in [-0.15, -0.1) is 0 Å². The van der Waals surface area contributed by atoms with Crippen LogP contribution in [0, 0.1) is 6.92 Å². The fourth-order valence-corrected chi connectivity index (χ4v) is 6.52. The molecule has 2 aromatic carbocycles. The Morgan fingerprint density at radius 1 is 1.18 bits per heavy atom. The highest BCUT2D eigenvalue weighted by Gasteiger charge is 2.33. The summed E-state index contributed by atoms with van der Waals surface area (Å²) in [5.74, 6) is 0.836. The normalized spacial score (nSPS) is 23.3. The van der Waals surface area contributed by atoms with Crippen molar-refractivity contribution in [2.45, 2.75) is 57.9 Å². The zero-order valence-corrected chi connectivity index (χ0v) is 23.8. The molecule has 8 heteroatoms. The van der Waals surface area contributed by atoms with Crippen LogP contribution in [-0.4, -0.2) is 77.6 Å². The smallest absolute Gasteiger partial charge is 0.318 e. The molecule has 3 aromatic rings. The average Bonchev–Trinajstić information content (AvgIpc) is 3.39. The molecule has 3 aliphatic heterocycles. The number of hydrogen-bond donors (Lipinski definition) is 0. The summed E-state index contributed by atoms with van der Waals surface area (Å²) < 4.78 is 12.9. The van der Waals surface area contributed by atoms with Crippen LogP contribution in [0.15, 0.2) is 49.1 Å². The number of aryl methyl sites for hydroxylation is 1. The second-order valence-electron chi connectivity index (χ2n) is 11.4. The second-order valence-corrected chi connectivity index (χ2v) is 11.4. The number of ether oxygens (including phenoxy) is 2. The molecule has 8 nitrogen and oxygen atoms in total. The van der Waals surface area contributed by atoms with Gasteiger partial charge < -0.3 is 24.2 Å². The summed E-state index contributed by atoms with van der Waals surface area (Å²) >= 11 is 0. The van der Waals surface area contributed by atoms with E-state index in [2.05, 4.69) is 73.7 Å². The summed E-state index contributed by atoms with van der Waals surface area (Å²) in [4.78, 5) is 28.7. The number of carbonyl (C=O) groups is 1. The monoisotopic (exact) mass is 541 g/mol. The van der Waals surface area contributed by atoms with Crippen molar-refractivity contribution in [2.24, 2.45) is 0 Å². The number of likely N-dealkylation sites (tertiary alicyclic amines) is 1. The number of nitrogens with zero attached hydrogens (tertiary/aromatic N) is 5. The maximum absolute atomic E-state index is 12.3.